The lowest BCUT2D eigenvalue weighted by Gasteiger charge is -2.28. The summed E-state index contributed by atoms with van der Waals surface area (Å²) < 4.78 is 5.30. The Labute approximate surface area is 78.4 Å². The lowest BCUT2D eigenvalue weighted by atomic mass is 10.1. The number of hydrogen-bond donors (Lipinski definition) is 1. The van der Waals surface area contributed by atoms with Gasteiger partial charge < -0.3 is 4.74 Å². The molecule has 3 heteroatoms. The van der Waals surface area contributed by atoms with Crippen LogP contribution in [0.2, 0.25) is 0 Å². The molecule has 1 N–H and O–H groups in total. The zero-order valence-electron chi connectivity index (χ0n) is 7.80. The van der Waals surface area contributed by atoms with Crippen molar-refractivity contribution in [3.8, 4) is 0 Å². The number of nitrogens with one attached hydrogen (secondary N) is 1. The van der Waals surface area contributed by atoms with Crippen molar-refractivity contribution >= 4 is 11.8 Å². The highest BCUT2D eigenvalue weighted by atomic mass is 32.2. The number of methoxy groups -OCH3 is 1. The quantitative estimate of drug-likeness (QED) is 0.723. The Kier molecular flexibility index (Phi) is 2.36. The molecule has 2 fully saturated rings. The normalized spacial score (nSPS) is 42.0. The summed E-state index contributed by atoms with van der Waals surface area (Å²) in [4.78, 5) is 0.272. The van der Waals surface area contributed by atoms with Crippen LogP contribution < -0.4 is 5.32 Å². The highest BCUT2D eigenvalue weighted by Crippen LogP contribution is 2.49. The third-order valence-electron chi connectivity index (χ3n) is 2.68. The largest absolute Gasteiger partial charge is 0.382 e. The molecule has 2 rings (SSSR count). The van der Waals surface area contributed by atoms with Gasteiger partial charge in [0.1, 0.15) is 0 Å². The Hall–Kier alpha value is 0.270. The summed E-state index contributed by atoms with van der Waals surface area (Å²) in [6.07, 6.45) is 2.77. The lowest BCUT2D eigenvalue weighted by molar-refractivity contribution is 0.143. The molecule has 2 nitrogen and oxygen atoms in total. The van der Waals surface area contributed by atoms with E-state index in [4.69, 9.17) is 4.74 Å². The van der Waals surface area contributed by atoms with Crippen LogP contribution in [-0.2, 0) is 4.74 Å². The predicted molar refractivity (Wildman–Crippen MR) is 52.4 cm³/mol. The molecule has 1 aliphatic carbocycles. The first-order valence-corrected chi connectivity index (χ1v) is 5.66. The van der Waals surface area contributed by atoms with E-state index in [1.54, 1.807) is 7.11 Å². The van der Waals surface area contributed by atoms with Crippen LogP contribution >= 0.6 is 11.8 Å². The van der Waals surface area contributed by atoms with Crippen molar-refractivity contribution in [1.29, 1.82) is 0 Å². The van der Waals surface area contributed by atoms with Crippen molar-refractivity contribution in [3.05, 3.63) is 0 Å². The molecule has 0 spiro atoms. The molecule has 1 heterocycles. The highest BCUT2D eigenvalue weighted by Gasteiger charge is 2.49. The van der Waals surface area contributed by atoms with E-state index in [0.29, 0.717) is 6.04 Å². The van der Waals surface area contributed by atoms with Gasteiger partial charge in [0.25, 0.3) is 0 Å². The minimum absolute atomic E-state index is 0.272. The van der Waals surface area contributed by atoms with E-state index in [0.717, 1.165) is 12.5 Å². The lowest BCUT2D eigenvalue weighted by Crippen LogP contribution is -2.46. The van der Waals surface area contributed by atoms with E-state index in [-0.39, 0.29) is 4.87 Å². The summed E-state index contributed by atoms with van der Waals surface area (Å²) in [6, 6.07) is 0.658. The Bertz CT molecular complexity index is 168. The standard InChI is InChI=1S/C9H17NOS/c1-7-5-12-9(10-7,6-11-2)8-3-4-8/h7-8,10H,3-6H2,1-2H3. The van der Waals surface area contributed by atoms with Crippen LogP contribution in [0.1, 0.15) is 19.8 Å². The molecule has 2 unspecified atom stereocenters. The average molecular weight is 187 g/mol. The maximum atomic E-state index is 5.30. The van der Waals surface area contributed by atoms with E-state index in [1.165, 1.54) is 18.6 Å². The first-order chi connectivity index (χ1) is 5.77. The van der Waals surface area contributed by atoms with Gasteiger partial charge in [0.2, 0.25) is 0 Å². The van der Waals surface area contributed by atoms with Crippen LogP contribution in [0.3, 0.4) is 0 Å². The van der Waals surface area contributed by atoms with E-state index in [1.807, 2.05) is 0 Å². The molecule has 1 saturated carbocycles. The fraction of sp³-hybridized carbons (Fsp3) is 1.00. The van der Waals surface area contributed by atoms with Gasteiger partial charge in [0.15, 0.2) is 0 Å². The van der Waals surface area contributed by atoms with Crippen LogP contribution in [0.4, 0.5) is 0 Å². The number of rotatable bonds is 3. The first kappa shape index (κ1) is 8.85. The Morgan fingerprint density at radius 2 is 2.33 bits per heavy atom. The fourth-order valence-corrected chi connectivity index (χ4v) is 3.56. The van der Waals surface area contributed by atoms with Gasteiger partial charge in [-0.1, -0.05) is 0 Å². The molecule has 1 aliphatic heterocycles. The van der Waals surface area contributed by atoms with Crippen LogP contribution in [-0.4, -0.2) is 30.4 Å². The predicted octanol–water partition coefficient (Wildman–Crippen LogP) is 1.46. The highest BCUT2D eigenvalue weighted by molar-refractivity contribution is 8.01. The van der Waals surface area contributed by atoms with Gasteiger partial charge in [-0.05, 0) is 25.7 Å². The summed E-state index contributed by atoms with van der Waals surface area (Å²) >= 11 is 2.06. The minimum Gasteiger partial charge on any atom is -0.382 e. The van der Waals surface area contributed by atoms with Crippen molar-refractivity contribution in [2.45, 2.75) is 30.7 Å². The average Bonchev–Trinajstić information content (AvgIpc) is 2.80. The molecule has 0 aromatic heterocycles. The van der Waals surface area contributed by atoms with E-state index in [9.17, 15) is 0 Å². The Morgan fingerprint density at radius 3 is 2.75 bits per heavy atom. The Balaban J connectivity index is 2.01. The maximum Gasteiger partial charge on any atom is 0.0912 e. The molecule has 2 atom stereocenters. The third-order valence-corrected chi connectivity index (χ3v) is 4.43. The van der Waals surface area contributed by atoms with Gasteiger partial charge >= 0.3 is 0 Å². The number of hydrogen-bond acceptors (Lipinski definition) is 3. The van der Waals surface area contributed by atoms with E-state index < -0.39 is 0 Å². The molecule has 0 radical (unpaired) electrons. The monoisotopic (exact) mass is 187 g/mol. The van der Waals surface area contributed by atoms with Crippen molar-refractivity contribution in [3.63, 3.8) is 0 Å². The zero-order valence-corrected chi connectivity index (χ0v) is 8.62. The second-order valence-electron chi connectivity index (χ2n) is 3.95. The van der Waals surface area contributed by atoms with Gasteiger partial charge in [-0.15, -0.1) is 11.8 Å². The summed E-state index contributed by atoms with van der Waals surface area (Å²) in [5.74, 6) is 2.10. The molecule has 12 heavy (non-hydrogen) atoms. The molecule has 2 aliphatic rings. The molecule has 70 valence electrons. The van der Waals surface area contributed by atoms with Gasteiger partial charge in [-0.25, -0.2) is 0 Å². The van der Waals surface area contributed by atoms with Crippen molar-refractivity contribution in [2.24, 2.45) is 5.92 Å². The first-order valence-electron chi connectivity index (χ1n) is 4.67. The molecule has 1 saturated heterocycles. The maximum absolute atomic E-state index is 5.30. The third kappa shape index (κ3) is 1.50. The van der Waals surface area contributed by atoms with Crippen LogP contribution in [0, 0.1) is 5.92 Å². The van der Waals surface area contributed by atoms with E-state index >= 15 is 0 Å². The molecular formula is C9H17NOS. The van der Waals surface area contributed by atoms with Crippen molar-refractivity contribution in [1.82, 2.24) is 5.32 Å². The van der Waals surface area contributed by atoms with E-state index in [2.05, 4.69) is 24.0 Å². The molecule has 0 amide bonds. The van der Waals surface area contributed by atoms with Gasteiger partial charge in [0.05, 0.1) is 11.5 Å². The second-order valence-corrected chi connectivity index (χ2v) is 5.30. The molecule has 0 aromatic rings. The minimum atomic E-state index is 0.272. The fourth-order valence-electron chi connectivity index (χ4n) is 1.98. The summed E-state index contributed by atoms with van der Waals surface area (Å²) in [5, 5.41) is 3.67. The summed E-state index contributed by atoms with van der Waals surface area (Å²) in [6.45, 7) is 3.12. The van der Waals surface area contributed by atoms with Crippen molar-refractivity contribution < 1.29 is 4.74 Å². The smallest absolute Gasteiger partial charge is 0.0912 e. The number of thioether (sulfide) groups is 1. The van der Waals surface area contributed by atoms with Crippen LogP contribution in [0.15, 0.2) is 0 Å². The molecule has 0 bridgehead atoms. The van der Waals surface area contributed by atoms with Crippen LogP contribution in [0.25, 0.3) is 0 Å². The van der Waals surface area contributed by atoms with Gasteiger partial charge in [-0.3, -0.25) is 5.32 Å². The zero-order chi connectivity index (χ0) is 8.60. The molecule has 0 aromatic carbocycles. The number of ether oxygens (including phenoxy) is 1. The summed E-state index contributed by atoms with van der Waals surface area (Å²) in [7, 11) is 1.80. The van der Waals surface area contributed by atoms with Gasteiger partial charge in [-0.2, -0.15) is 0 Å². The topological polar surface area (TPSA) is 21.3 Å². The Morgan fingerprint density at radius 1 is 1.58 bits per heavy atom. The molecular weight excluding hydrogens is 170 g/mol. The second kappa shape index (κ2) is 3.20. The van der Waals surface area contributed by atoms with Crippen molar-refractivity contribution in [2.75, 3.05) is 19.5 Å². The van der Waals surface area contributed by atoms with Gasteiger partial charge in [0, 0.05) is 18.9 Å². The van der Waals surface area contributed by atoms with Crippen LogP contribution in [0.5, 0.6) is 0 Å². The summed E-state index contributed by atoms with van der Waals surface area (Å²) in [5.41, 5.74) is 0. The SMILES string of the molecule is COCC1(C2CC2)NC(C)CS1.